The van der Waals surface area contributed by atoms with Gasteiger partial charge in [-0.2, -0.15) is 4.98 Å². The van der Waals surface area contributed by atoms with Crippen molar-refractivity contribution in [3.63, 3.8) is 0 Å². The average Bonchev–Trinajstić information content (AvgIpc) is 3.13. The molecule has 0 aliphatic rings. The van der Waals surface area contributed by atoms with Crippen molar-refractivity contribution in [3.05, 3.63) is 34.4 Å². The number of carbonyl (C=O) groups excluding carboxylic acids is 1. The van der Waals surface area contributed by atoms with Gasteiger partial charge in [0.25, 0.3) is 0 Å². The molecule has 0 unspecified atom stereocenters. The Morgan fingerprint density at radius 1 is 1.38 bits per heavy atom. The number of anilines is 1. The van der Waals surface area contributed by atoms with Crippen molar-refractivity contribution in [2.45, 2.75) is 26.2 Å². The van der Waals surface area contributed by atoms with Crippen LogP contribution in [0.3, 0.4) is 0 Å². The number of hydrogen-bond acceptors (Lipinski definition) is 6. The van der Waals surface area contributed by atoms with Crippen LogP contribution in [-0.4, -0.2) is 27.7 Å². The number of amides is 2. The molecule has 3 rings (SSSR count). The van der Waals surface area contributed by atoms with E-state index in [4.69, 9.17) is 4.52 Å². The fourth-order valence-corrected chi connectivity index (χ4v) is 3.39. The number of nitrogens with one attached hydrogen (secondary N) is 2. The summed E-state index contributed by atoms with van der Waals surface area (Å²) in [4.78, 5) is 20.6. The van der Waals surface area contributed by atoms with Crippen LogP contribution >= 0.6 is 27.3 Å². The lowest BCUT2D eigenvalue weighted by molar-refractivity contribution is 0.252. The summed E-state index contributed by atoms with van der Waals surface area (Å²) in [5.74, 6) is 1.41. The summed E-state index contributed by atoms with van der Waals surface area (Å²) in [7, 11) is 0. The number of carbonyl (C=O) groups is 1. The number of hydrogen-bond donors (Lipinski definition) is 2. The molecule has 0 atom stereocenters. The van der Waals surface area contributed by atoms with Crippen LogP contribution in [0, 0.1) is 0 Å². The first kappa shape index (κ1) is 16.8. The Morgan fingerprint density at radius 3 is 2.96 bits per heavy atom. The van der Waals surface area contributed by atoms with Crippen molar-refractivity contribution in [2.24, 2.45) is 0 Å². The van der Waals surface area contributed by atoms with Gasteiger partial charge in [0, 0.05) is 23.4 Å². The lowest BCUT2D eigenvalue weighted by Gasteiger charge is -2.03. The summed E-state index contributed by atoms with van der Waals surface area (Å²) in [6, 6.07) is 5.48. The van der Waals surface area contributed by atoms with Gasteiger partial charge in [-0.3, -0.25) is 5.32 Å². The summed E-state index contributed by atoms with van der Waals surface area (Å²) >= 11 is 4.84. The zero-order valence-electron chi connectivity index (χ0n) is 13.2. The Balaban J connectivity index is 1.51. The fraction of sp³-hybridized carbons (Fsp3) is 0.333. The highest BCUT2D eigenvalue weighted by Gasteiger charge is 2.11. The first-order valence-corrected chi connectivity index (χ1v) is 9.05. The lowest BCUT2D eigenvalue weighted by atomic mass is 10.2. The number of halogens is 1. The van der Waals surface area contributed by atoms with Gasteiger partial charge in [0.1, 0.15) is 0 Å². The van der Waals surface area contributed by atoms with Crippen LogP contribution in [-0.2, 0) is 6.42 Å². The molecular formula is C15H16BrN5O2S. The van der Waals surface area contributed by atoms with Gasteiger partial charge in [-0.05, 0) is 18.2 Å². The number of nitrogens with zero attached hydrogens (tertiary/aromatic N) is 3. The molecule has 1 aromatic carbocycles. The molecule has 0 fully saturated rings. The minimum Gasteiger partial charge on any atom is -0.339 e. The molecule has 2 amide bonds. The number of rotatable bonds is 5. The Hall–Kier alpha value is -2.00. The van der Waals surface area contributed by atoms with Crippen molar-refractivity contribution in [2.75, 3.05) is 11.9 Å². The third-order valence-corrected chi connectivity index (χ3v) is 4.62. The summed E-state index contributed by atoms with van der Waals surface area (Å²) in [6.07, 6.45) is 0.486. The number of aromatic nitrogens is 3. The van der Waals surface area contributed by atoms with Crippen LogP contribution in [0.15, 0.2) is 27.2 Å². The van der Waals surface area contributed by atoms with Crippen LogP contribution < -0.4 is 10.6 Å². The molecule has 0 bridgehead atoms. The van der Waals surface area contributed by atoms with E-state index in [1.54, 1.807) is 0 Å². The Kier molecular flexibility index (Phi) is 5.10. The number of urea groups is 1. The maximum Gasteiger partial charge on any atom is 0.321 e. The predicted molar refractivity (Wildman–Crippen MR) is 96.4 cm³/mol. The van der Waals surface area contributed by atoms with E-state index in [-0.39, 0.29) is 11.9 Å². The van der Waals surface area contributed by atoms with Crippen LogP contribution in [0.5, 0.6) is 0 Å². The van der Waals surface area contributed by atoms with Crippen LogP contribution in [0.1, 0.15) is 31.5 Å². The second-order valence-corrected chi connectivity index (χ2v) is 7.41. The molecule has 2 N–H and O–H groups in total. The van der Waals surface area contributed by atoms with Gasteiger partial charge >= 0.3 is 6.03 Å². The van der Waals surface area contributed by atoms with E-state index in [2.05, 4.69) is 41.7 Å². The molecular weight excluding hydrogens is 394 g/mol. The molecule has 2 aromatic heterocycles. The molecule has 24 heavy (non-hydrogen) atoms. The van der Waals surface area contributed by atoms with Gasteiger partial charge < -0.3 is 9.84 Å². The SMILES string of the molecule is CC(C)c1noc(CCNC(=O)Nc2nc3ccc(Br)cc3s2)n1. The predicted octanol–water partition coefficient (Wildman–Crippen LogP) is 3.93. The quantitative estimate of drug-likeness (QED) is 0.665. The monoisotopic (exact) mass is 409 g/mol. The molecule has 0 saturated heterocycles. The van der Waals surface area contributed by atoms with E-state index < -0.39 is 0 Å². The standard InChI is InChI=1S/C15H16BrN5O2S/c1-8(2)13-19-12(23-21-13)5-6-17-14(22)20-15-18-10-4-3-9(16)7-11(10)24-15/h3-4,7-8H,5-6H2,1-2H3,(H2,17,18,20,22). The Bertz CT molecular complexity index is 861. The smallest absolute Gasteiger partial charge is 0.321 e. The van der Waals surface area contributed by atoms with Crippen molar-refractivity contribution in [1.29, 1.82) is 0 Å². The zero-order valence-corrected chi connectivity index (χ0v) is 15.6. The highest BCUT2D eigenvalue weighted by molar-refractivity contribution is 9.10. The molecule has 0 radical (unpaired) electrons. The van der Waals surface area contributed by atoms with E-state index in [9.17, 15) is 4.79 Å². The van der Waals surface area contributed by atoms with Crippen LogP contribution in [0.4, 0.5) is 9.93 Å². The van der Waals surface area contributed by atoms with E-state index in [0.717, 1.165) is 14.7 Å². The fourth-order valence-electron chi connectivity index (χ4n) is 1.98. The van der Waals surface area contributed by atoms with Crippen molar-refractivity contribution < 1.29 is 9.32 Å². The maximum atomic E-state index is 11.9. The van der Waals surface area contributed by atoms with Gasteiger partial charge in [-0.15, -0.1) is 0 Å². The van der Waals surface area contributed by atoms with Gasteiger partial charge in [0.15, 0.2) is 11.0 Å². The topological polar surface area (TPSA) is 92.9 Å². The molecule has 0 saturated carbocycles. The summed E-state index contributed by atoms with van der Waals surface area (Å²) in [5, 5.41) is 9.93. The van der Waals surface area contributed by atoms with Crippen molar-refractivity contribution in [3.8, 4) is 0 Å². The minimum atomic E-state index is -0.309. The third kappa shape index (κ3) is 4.09. The van der Waals surface area contributed by atoms with Gasteiger partial charge in [-0.25, -0.2) is 9.78 Å². The molecule has 3 aromatic rings. The van der Waals surface area contributed by atoms with E-state index in [1.807, 2.05) is 32.0 Å². The van der Waals surface area contributed by atoms with Crippen LogP contribution in [0.2, 0.25) is 0 Å². The first-order chi connectivity index (χ1) is 11.5. The molecule has 9 heteroatoms. The number of benzene rings is 1. The van der Waals surface area contributed by atoms with E-state index >= 15 is 0 Å². The maximum absolute atomic E-state index is 11.9. The van der Waals surface area contributed by atoms with Gasteiger partial charge in [0.2, 0.25) is 5.89 Å². The molecule has 7 nitrogen and oxygen atoms in total. The minimum absolute atomic E-state index is 0.220. The molecule has 126 valence electrons. The summed E-state index contributed by atoms with van der Waals surface area (Å²) < 4.78 is 7.12. The first-order valence-electron chi connectivity index (χ1n) is 7.44. The summed E-state index contributed by atoms with van der Waals surface area (Å²) in [5.41, 5.74) is 0.852. The molecule has 2 heterocycles. The largest absolute Gasteiger partial charge is 0.339 e. The van der Waals surface area contributed by atoms with Gasteiger partial charge in [0.05, 0.1) is 10.2 Å². The average molecular weight is 410 g/mol. The highest BCUT2D eigenvalue weighted by atomic mass is 79.9. The van der Waals surface area contributed by atoms with Crippen LogP contribution in [0.25, 0.3) is 10.2 Å². The second-order valence-electron chi connectivity index (χ2n) is 5.46. The molecule has 0 spiro atoms. The molecule has 0 aliphatic carbocycles. The Morgan fingerprint density at radius 2 is 2.21 bits per heavy atom. The number of thiazole rings is 1. The van der Waals surface area contributed by atoms with Crippen molar-refractivity contribution >= 4 is 48.6 Å². The van der Waals surface area contributed by atoms with E-state index in [1.165, 1.54) is 11.3 Å². The third-order valence-electron chi connectivity index (χ3n) is 3.20. The normalized spacial score (nSPS) is 11.2. The zero-order chi connectivity index (χ0) is 17.1. The number of fused-ring (bicyclic) bond motifs is 1. The van der Waals surface area contributed by atoms with E-state index in [0.29, 0.717) is 29.8 Å². The van der Waals surface area contributed by atoms with Gasteiger partial charge in [-0.1, -0.05) is 46.3 Å². The highest BCUT2D eigenvalue weighted by Crippen LogP contribution is 2.28. The lowest BCUT2D eigenvalue weighted by Crippen LogP contribution is -2.30. The summed E-state index contributed by atoms with van der Waals surface area (Å²) in [6.45, 7) is 4.40. The second kappa shape index (κ2) is 7.27. The molecule has 0 aliphatic heterocycles. The Labute approximate surface area is 151 Å². The van der Waals surface area contributed by atoms with Crippen molar-refractivity contribution in [1.82, 2.24) is 20.4 Å².